The molecule has 0 aliphatic heterocycles. The van der Waals surface area contributed by atoms with Crippen molar-refractivity contribution >= 4 is 11.8 Å². The third-order valence-electron chi connectivity index (χ3n) is 2.79. The summed E-state index contributed by atoms with van der Waals surface area (Å²) in [5.41, 5.74) is 1.98. The van der Waals surface area contributed by atoms with Crippen molar-refractivity contribution in [2.75, 3.05) is 39.6 Å². The molecule has 0 aliphatic rings. The maximum Gasteiger partial charge on any atom is 0.411 e. The van der Waals surface area contributed by atoms with Gasteiger partial charge in [-0.3, -0.25) is 5.32 Å². The van der Waals surface area contributed by atoms with E-state index < -0.39 is 6.09 Å². The SMILES string of the molecule is CC(C)c1cccc(NC(=O)OCC[N+](C)(C)C)c1. The van der Waals surface area contributed by atoms with Crippen LogP contribution in [0.1, 0.15) is 25.3 Å². The highest BCUT2D eigenvalue weighted by molar-refractivity contribution is 5.84. The third-order valence-corrected chi connectivity index (χ3v) is 2.79. The zero-order valence-corrected chi connectivity index (χ0v) is 12.6. The Hall–Kier alpha value is -1.55. The number of carbonyl (C=O) groups excluding carboxylic acids is 1. The summed E-state index contributed by atoms with van der Waals surface area (Å²) >= 11 is 0. The molecule has 0 fully saturated rings. The van der Waals surface area contributed by atoms with E-state index in [-0.39, 0.29) is 0 Å². The quantitative estimate of drug-likeness (QED) is 0.831. The lowest BCUT2D eigenvalue weighted by atomic mass is 10.0. The molecule has 1 amide bonds. The lowest BCUT2D eigenvalue weighted by Crippen LogP contribution is -2.38. The van der Waals surface area contributed by atoms with Gasteiger partial charge in [0.25, 0.3) is 0 Å². The zero-order chi connectivity index (χ0) is 14.5. The Morgan fingerprint density at radius 2 is 2.00 bits per heavy atom. The van der Waals surface area contributed by atoms with Gasteiger partial charge in [-0.25, -0.2) is 4.79 Å². The number of hydrogen-bond donors (Lipinski definition) is 1. The second kappa shape index (κ2) is 6.57. The number of nitrogens with one attached hydrogen (secondary N) is 1. The highest BCUT2D eigenvalue weighted by Crippen LogP contribution is 2.18. The third kappa shape index (κ3) is 6.25. The molecule has 0 unspecified atom stereocenters. The standard InChI is InChI=1S/C15H24N2O2/c1-12(2)13-7-6-8-14(11-13)16-15(18)19-10-9-17(3,4)5/h6-8,11-12H,9-10H2,1-5H3/p+1. The predicted molar refractivity (Wildman–Crippen MR) is 78.4 cm³/mol. The number of nitrogens with zero attached hydrogens (tertiary/aromatic N) is 1. The van der Waals surface area contributed by atoms with Gasteiger partial charge in [0.1, 0.15) is 13.2 Å². The fourth-order valence-electron chi connectivity index (χ4n) is 1.54. The van der Waals surface area contributed by atoms with Crippen LogP contribution >= 0.6 is 0 Å². The maximum absolute atomic E-state index is 11.6. The molecule has 1 aromatic rings. The highest BCUT2D eigenvalue weighted by atomic mass is 16.5. The first-order chi connectivity index (χ1) is 8.78. The second-order valence-electron chi connectivity index (χ2n) is 6.06. The van der Waals surface area contributed by atoms with Crippen LogP contribution in [-0.2, 0) is 4.74 Å². The van der Waals surface area contributed by atoms with Crippen LogP contribution in [0.3, 0.4) is 0 Å². The van der Waals surface area contributed by atoms with Crippen molar-refractivity contribution < 1.29 is 14.0 Å². The van der Waals surface area contributed by atoms with Crippen LogP contribution in [0.25, 0.3) is 0 Å². The summed E-state index contributed by atoms with van der Waals surface area (Å²) in [5, 5.41) is 2.76. The molecule has 0 aromatic heterocycles. The van der Waals surface area contributed by atoms with Gasteiger partial charge in [0.15, 0.2) is 0 Å². The average Bonchev–Trinajstić information content (AvgIpc) is 2.27. The van der Waals surface area contributed by atoms with E-state index in [1.54, 1.807) is 0 Å². The Balaban J connectivity index is 2.46. The average molecular weight is 265 g/mol. The number of benzene rings is 1. The minimum atomic E-state index is -0.394. The number of carbonyl (C=O) groups is 1. The summed E-state index contributed by atoms with van der Waals surface area (Å²) in [7, 11) is 6.19. The number of anilines is 1. The van der Waals surface area contributed by atoms with Crippen molar-refractivity contribution in [3.05, 3.63) is 29.8 Å². The second-order valence-corrected chi connectivity index (χ2v) is 6.06. The Kier molecular flexibility index (Phi) is 5.36. The molecule has 106 valence electrons. The normalized spacial score (nSPS) is 11.5. The van der Waals surface area contributed by atoms with E-state index >= 15 is 0 Å². The van der Waals surface area contributed by atoms with Crippen LogP contribution in [-0.4, -0.2) is 44.9 Å². The molecular formula is C15H25N2O2+. The van der Waals surface area contributed by atoms with Crippen LogP contribution < -0.4 is 5.32 Å². The Labute approximate surface area is 116 Å². The molecule has 0 heterocycles. The summed E-state index contributed by atoms with van der Waals surface area (Å²) < 4.78 is 5.93. The van der Waals surface area contributed by atoms with E-state index in [4.69, 9.17) is 4.74 Å². The summed E-state index contributed by atoms with van der Waals surface area (Å²) in [5.74, 6) is 0.441. The number of hydrogen-bond acceptors (Lipinski definition) is 2. The van der Waals surface area contributed by atoms with Gasteiger partial charge < -0.3 is 9.22 Å². The van der Waals surface area contributed by atoms with E-state index in [0.717, 1.165) is 16.7 Å². The molecule has 1 N–H and O–H groups in total. The number of likely N-dealkylation sites (N-methyl/N-ethyl adjacent to an activating group) is 1. The van der Waals surface area contributed by atoms with Gasteiger partial charge in [0.05, 0.1) is 21.1 Å². The van der Waals surface area contributed by atoms with Gasteiger partial charge >= 0.3 is 6.09 Å². The van der Waals surface area contributed by atoms with Gasteiger partial charge in [-0.05, 0) is 23.6 Å². The molecule has 0 bridgehead atoms. The Morgan fingerprint density at radius 3 is 2.58 bits per heavy atom. The minimum absolute atomic E-state index is 0.394. The first-order valence-corrected chi connectivity index (χ1v) is 6.62. The van der Waals surface area contributed by atoms with E-state index in [0.29, 0.717) is 12.5 Å². The first-order valence-electron chi connectivity index (χ1n) is 6.62. The first kappa shape index (κ1) is 15.5. The molecule has 0 atom stereocenters. The van der Waals surface area contributed by atoms with Gasteiger partial charge in [-0.2, -0.15) is 0 Å². The fraction of sp³-hybridized carbons (Fsp3) is 0.533. The predicted octanol–water partition coefficient (Wildman–Crippen LogP) is 3.06. The van der Waals surface area contributed by atoms with E-state index in [1.807, 2.05) is 18.2 Å². The van der Waals surface area contributed by atoms with Crippen molar-refractivity contribution in [3.63, 3.8) is 0 Å². The van der Waals surface area contributed by atoms with Crippen molar-refractivity contribution in [1.29, 1.82) is 0 Å². The lowest BCUT2D eigenvalue weighted by Gasteiger charge is -2.23. The molecule has 0 saturated heterocycles. The Morgan fingerprint density at radius 1 is 1.32 bits per heavy atom. The zero-order valence-electron chi connectivity index (χ0n) is 12.6. The summed E-state index contributed by atoms with van der Waals surface area (Å²) in [6.45, 7) is 5.45. The topological polar surface area (TPSA) is 38.3 Å². The molecule has 0 aliphatic carbocycles. The lowest BCUT2D eigenvalue weighted by molar-refractivity contribution is -0.870. The van der Waals surface area contributed by atoms with E-state index in [9.17, 15) is 4.79 Å². The van der Waals surface area contributed by atoms with Gasteiger partial charge in [0.2, 0.25) is 0 Å². The van der Waals surface area contributed by atoms with Gasteiger partial charge in [0, 0.05) is 5.69 Å². The summed E-state index contributed by atoms with van der Waals surface area (Å²) in [6.07, 6.45) is -0.394. The Bertz CT molecular complexity index is 422. The molecular weight excluding hydrogens is 240 g/mol. The molecule has 4 nitrogen and oxygen atoms in total. The monoisotopic (exact) mass is 265 g/mol. The highest BCUT2D eigenvalue weighted by Gasteiger charge is 2.09. The summed E-state index contributed by atoms with van der Waals surface area (Å²) in [6, 6.07) is 7.84. The molecule has 0 saturated carbocycles. The van der Waals surface area contributed by atoms with E-state index in [1.165, 1.54) is 5.56 Å². The van der Waals surface area contributed by atoms with Gasteiger partial charge in [-0.1, -0.05) is 26.0 Å². The number of rotatable bonds is 5. The minimum Gasteiger partial charge on any atom is -0.443 e. The molecule has 19 heavy (non-hydrogen) atoms. The van der Waals surface area contributed by atoms with Crippen molar-refractivity contribution in [2.24, 2.45) is 0 Å². The number of ether oxygens (including phenoxy) is 1. The fourth-order valence-corrected chi connectivity index (χ4v) is 1.54. The van der Waals surface area contributed by atoms with Crippen LogP contribution in [0.4, 0.5) is 10.5 Å². The maximum atomic E-state index is 11.6. The molecule has 0 radical (unpaired) electrons. The van der Waals surface area contributed by atoms with Crippen LogP contribution in [0.2, 0.25) is 0 Å². The molecule has 4 heteroatoms. The van der Waals surface area contributed by atoms with Crippen LogP contribution in [0.5, 0.6) is 0 Å². The number of amides is 1. The van der Waals surface area contributed by atoms with Crippen molar-refractivity contribution in [3.8, 4) is 0 Å². The van der Waals surface area contributed by atoms with E-state index in [2.05, 4.69) is 46.4 Å². The van der Waals surface area contributed by atoms with Crippen molar-refractivity contribution in [2.45, 2.75) is 19.8 Å². The summed E-state index contributed by atoms with van der Waals surface area (Å²) in [4.78, 5) is 11.6. The largest absolute Gasteiger partial charge is 0.443 e. The molecule has 0 spiro atoms. The smallest absolute Gasteiger partial charge is 0.411 e. The van der Waals surface area contributed by atoms with Crippen molar-refractivity contribution in [1.82, 2.24) is 0 Å². The molecule has 1 aromatic carbocycles. The molecule has 1 rings (SSSR count). The van der Waals surface area contributed by atoms with Crippen LogP contribution in [0.15, 0.2) is 24.3 Å². The van der Waals surface area contributed by atoms with Gasteiger partial charge in [-0.15, -0.1) is 0 Å². The van der Waals surface area contributed by atoms with Crippen LogP contribution in [0, 0.1) is 0 Å². The number of quaternary nitrogens is 1.